The molecule has 2 aromatic carbocycles. The van der Waals surface area contributed by atoms with Crippen LogP contribution in [0, 0.1) is 0 Å². The molecule has 1 aliphatic rings. The number of nitrogens with one attached hydrogen (secondary N) is 1. The minimum Gasteiger partial charge on any atom is -0.325 e. The Morgan fingerprint density at radius 3 is 2.77 bits per heavy atom. The van der Waals surface area contributed by atoms with Gasteiger partial charge in [0.2, 0.25) is 15.9 Å². The van der Waals surface area contributed by atoms with Crippen molar-refractivity contribution in [2.24, 2.45) is 5.14 Å². The average molecular weight is 373 g/mol. The van der Waals surface area contributed by atoms with E-state index >= 15 is 0 Å². The van der Waals surface area contributed by atoms with Gasteiger partial charge in [-0.15, -0.1) is 0 Å². The highest BCUT2D eigenvalue weighted by Gasteiger charge is 2.24. The second-order valence-electron chi connectivity index (χ2n) is 6.64. The van der Waals surface area contributed by atoms with Crippen LogP contribution in [0.4, 0.5) is 5.69 Å². The highest BCUT2D eigenvalue weighted by molar-refractivity contribution is 7.89. The number of sulfonamides is 1. The Balaban J connectivity index is 1.68. The zero-order valence-corrected chi connectivity index (χ0v) is 15.5. The van der Waals surface area contributed by atoms with Gasteiger partial charge in [0.1, 0.15) is 0 Å². The van der Waals surface area contributed by atoms with E-state index in [-0.39, 0.29) is 23.4 Å². The van der Waals surface area contributed by atoms with Gasteiger partial charge >= 0.3 is 0 Å². The highest BCUT2D eigenvalue weighted by atomic mass is 32.2. The Bertz CT molecular complexity index is 912. The van der Waals surface area contributed by atoms with Crippen molar-refractivity contribution in [3.63, 3.8) is 0 Å². The van der Waals surface area contributed by atoms with Crippen molar-refractivity contribution in [2.45, 2.75) is 30.2 Å². The molecular weight excluding hydrogens is 350 g/mol. The van der Waals surface area contributed by atoms with E-state index < -0.39 is 10.0 Å². The Kier molecular flexibility index (Phi) is 5.41. The molecule has 1 atom stereocenters. The zero-order valence-electron chi connectivity index (χ0n) is 14.7. The summed E-state index contributed by atoms with van der Waals surface area (Å²) in [6, 6.07) is 14.5. The van der Waals surface area contributed by atoms with Gasteiger partial charge in [-0.1, -0.05) is 30.3 Å². The average Bonchev–Trinajstić information content (AvgIpc) is 2.60. The lowest BCUT2D eigenvalue weighted by molar-refractivity contribution is -0.117. The van der Waals surface area contributed by atoms with Crippen LogP contribution in [0.15, 0.2) is 53.4 Å². The molecule has 2 aromatic rings. The van der Waals surface area contributed by atoms with Crippen LogP contribution in [0.1, 0.15) is 30.0 Å². The van der Waals surface area contributed by atoms with Crippen LogP contribution in [-0.2, 0) is 21.2 Å². The normalized spacial score (nSPS) is 17.0. The van der Waals surface area contributed by atoms with Crippen molar-refractivity contribution in [1.29, 1.82) is 0 Å². The number of primary sulfonamides is 1. The van der Waals surface area contributed by atoms with Gasteiger partial charge in [-0.25, -0.2) is 13.6 Å². The smallest absolute Gasteiger partial charge is 0.238 e. The van der Waals surface area contributed by atoms with Gasteiger partial charge in [-0.3, -0.25) is 9.69 Å². The van der Waals surface area contributed by atoms with Gasteiger partial charge < -0.3 is 5.32 Å². The number of benzene rings is 2. The molecule has 7 heteroatoms. The highest BCUT2D eigenvalue weighted by Crippen LogP contribution is 2.33. The van der Waals surface area contributed by atoms with E-state index in [2.05, 4.69) is 17.4 Å². The van der Waals surface area contributed by atoms with Gasteiger partial charge in [-0.05, 0) is 55.6 Å². The molecule has 0 saturated heterocycles. The molecular formula is C19H23N3O3S. The SMILES string of the molecule is CN(CC(=O)Nc1cccc(S(N)(=O)=O)c1)C1CCCc2ccccc21. The molecule has 0 aliphatic heterocycles. The van der Waals surface area contributed by atoms with E-state index in [9.17, 15) is 13.2 Å². The molecule has 138 valence electrons. The molecule has 0 spiro atoms. The third-order valence-corrected chi connectivity index (χ3v) is 5.62. The zero-order chi connectivity index (χ0) is 18.7. The molecule has 0 heterocycles. The summed E-state index contributed by atoms with van der Waals surface area (Å²) in [6.07, 6.45) is 3.19. The quantitative estimate of drug-likeness (QED) is 0.841. The van der Waals surface area contributed by atoms with E-state index in [0.717, 1.165) is 19.3 Å². The fourth-order valence-electron chi connectivity index (χ4n) is 3.47. The first-order valence-corrected chi connectivity index (χ1v) is 10.1. The van der Waals surface area contributed by atoms with Crippen LogP contribution in [0.2, 0.25) is 0 Å². The number of rotatable bonds is 5. The Morgan fingerprint density at radius 2 is 2.00 bits per heavy atom. The minimum atomic E-state index is -3.80. The number of hydrogen-bond donors (Lipinski definition) is 2. The number of amides is 1. The molecule has 26 heavy (non-hydrogen) atoms. The maximum absolute atomic E-state index is 12.4. The number of nitrogens with zero attached hydrogens (tertiary/aromatic N) is 1. The first-order valence-electron chi connectivity index (χ1n) is 8.55. The van der Waals surface area contributed by atoms with Crippen molar-refractivity contribution >= 4 is 21.6 Å². The molecule has 0 bridgehead atoms. The standard InChI is InChI=1S/C19H23N3O3S/c1-22(18-11-4-7-14-6-2-3-10-17(14)18)13-19(23)21-15-8-5-9-16(12-15)26(20,24)25/h2-3,5-6,8-10,12,18H,4,7,11,13H2,1H3,(H,21,23)(H2,20,24,25). The summed E-state index contributed by atoms with van der Waals surface area (Å²) in [7, 11) is -1.86. The third-order valence-electron chi connectivity index (χ3n) is 4.71. The number of carbonyl (C=O) groups is 1. The number of carbonyl (C=O) groups excluding carboxylic acids is 1. The fraction of sp³-hybridized carbons (Fsp3) is 0.316. The Labute approximate surface area is 154 Å². The first kappa shape index (κ1) is 18.6. The monoisotopic (exact) mass is 373 g/mol. The van der Waals surface area contributed by atoms with E-state index in [0.29, 0.717) is 5.69 Å². The summed E-state index contributed by atoms with van der Waals surface area (Å²) in [5.41, 5.74) is 3.04. The van der Waals surface area contributed by atoms with Crippen LogP contribution >= 0.6 is 0 Å². The molecule has 3 rings (SSSR count). The summed E-state index contributed by atoms with van der Waals surface area (Å²) in [4.78, 5) is 14.4. The van der Waals surface area contributed by atoms with E-state index in [1.54, 1.807) is 12.1 Å². The predicted molar refractivity (Wildman–Crippen MR) is 101 cm³/mol. The minimum absolute atomic E-state index is 0.0233. The molecule has 0 fully saturated rings. The number of nitrogens with two attached hydrogens (primary N) is 1. The van der Waals surface area contributed by atoms with Gasteiger partial charge in [0.05, 0.1) is 11.4 Å². The number of likely N-dealkylation sites (N-methyl/N-ethyl adjacent to an activating group) is 1. The molecule has 0 aromatic heterocycles. The molecule has 0 radical (unpaired) electrons. The lowest BCUT2D eigenvalue weighted by atomic mass is 9.87. The van der Waals surface area contributed by atoms with E-state index in [1.165, 1.54) is 23.3 Å². The van der Waals surface area contributed by atoms with Crippen molar-refractivity contribution in [2.75, 3.05) is 18.9 Å². The van der Waals surface area contributed by atoms with Crippen LogP contribution in [0.5, 0.6) is 0 Å². The Hall–Kier alpha value is -2.22. The second kappa shape index (κ2) is 7.57. The maximum Gasteiger partial charge on any atom is 0.238 e. The summed E-state index contributed by atoms with van der Waals surface area (Å²) < 4.78 is 22.9. The predicted octanol–water partition coefficient (Wildman–Crippen LogP) is 2.28. The van der Waals surface area contributed by atoms with Crippen molar-refractivity contribution < 1.29 is 13.2 Å². The van der Waals surface area contributed by atoms with Gasteiger partial charge in [0, 0.05) is 11.7 Å². The number of hydrogen-bond acceptors (Lipinski definition) is 4. The fourth-order valence-corrected chi connectivity index (χ4v) is 4.03. The topological polar surface area (TPSA) is 92.5 Å². The van der Waals surface area contributed by atoms with Crippen molar-refractivity contribution in [3.05, 3.63) is 59.7 Å². The van der Waals surface area contributed by atoms with Crippen LogP contribution in [0.3, 0.4) is 0 Å². The maximum atomic E-state index is 12.4. The lowest BCUT2D eigenvalue weighted by Gasteiger charge is -2.32. The summed E-state index contributed by atoms with van der Waals surface area (Å²) in [6.45, 7) is 0.221. The van der Waals surface area contributed by atoms with Crippen molar-refractivity contribution in [1.82, 2.24) is 4.90 Å². The van der Waals surface area contributed by atoms with Gasteiger partial charge in [0.15, 0.2) is 0 Å². The molecule has 1 unspecified atom stereocenters. The Morgan fingerprint density at radius 1 is 1.23 bits per heavy atom. The number of aryl methyl sites for hydroxylation is 1. The van der Waals surface area contributed by atoms with Crippen LogP contribution in [0.25, 0.3) is 0 Å². The van der Waals surface area contributed by atoms with Gasteiger partial charge in [0.25, 0.3) is 0 Å². The third kappa shape index (κ3) is 4.30. The van der Waals surface area contributed by atoms with E-state index in [1.807, 2.05) is 24.1 Å². The summed E-state index contributed by atoms with van der Waals surface area (Å²) in [5, 5.41) is 7.88. The van der Waals surface area contributed by atoms with Crippen LogP contribution in [-0.4, -0.2) is 32.8 Å². The van der Waals surface area contributed by atoms with Crippen LogP contribution < -0.4 is 10.5 Å². The molecule has 6 nitrogen and oxygen atoms in total. The first-order chi connectivity index (χ1) is 12.3. The number of anilines is 1. The number of fused-ring (bicyclic) bond motifs is 1. The molecule has 0 saturated carbocycles. The largest absolute Gasteiger partial charge is 0.325 e. The molecule has 3 N–H and O–H groups in total. The second-order valence-corrected chi connectivity index (χ2v) is 8.20. The summed E-state index contributed by atoms with van der Waals surface area (Å²) in [5.74, 6) is -0.192. The lowest BCUT2D eigenvalue weighted by Crippen LogP contribution is -2.34. The summed E-state index contributed by atoms with van der Waals surface area (Å²) >= 11 is 0. The van der Waals surface area contributed by atoms with Crippen molar-refractivity contribution in [3.8, 4) is 0 Å². The van der Waals surface area contributed by atoms with E-state index in [4.69, 9.17) is 5.14 Å². The van der Waals surface area contributed by atoms with Gasteiger partial charge in [-0.2, -0.15) is 0 Å². The molecule has 1 amide bonds. The molecule has 1 aliphatic carbocycles.